The van der Waals surface area contributed by atoms with Crippen LogP contribution in [0.2, 0.25) is 0 Å². The summed E-state index contributed by atoms with van der Waals surface area (Å²) in [5.41, 5.74) is 3.09. The van der Waals surface area contributed by atoms with E-state index in [1.807, 2.05) is 60.7 Å². The number of nitrogens with zero attached hydrogens (tertiary/aromatic N) is 1. The molecule has 0 unspecified atom stereocenters. The minimum atomic E-state index is 0.560. The van der Waals surface area contributed by atoms with Gasteiger partial charge in [-0.3, -0.25) is 0 Å². The maximum atomic E-state index is 5.78. The lowest BCUT2D eigenvalue weighted by Crippen LogP contribution is -1.95. The van der Waals surface area contributed by atoms with Gasteiger partial charge in [-0.15, -0.1) is 0 Å². The van der Waals surface area contributed by atoms with E-state index in [0.717, 1.165) is 22.4 Å². The van der Waals surface area contributed by atoms with Crippen molar-refractivity contribution >= 4 is 0 Å². The largest absolute Gasteiger partial charge is 0.489 e. The molecule has 3 heteroatoms. The first-order valence-electron chi connectivity index (χ1n) is 7.04. The smallest absolute Gasteiger partial charge is 0.221 e. The van der Waals surface area contributed by atoms with Crippen LogP contribution < -0.4 is 9.47 Å². The van der Waals surface area contributed by atoms with Gasteiger partial charge in [-0.2, -0.15) is 0 Å². The van der Waals surface area contributed by atoms with Crippen molar-refractivity contribution in [3.05, 3.63) is 78.5 Å². The number of hydrogen-bond donors (Lipinski definition) is 0. The van der Waals surface area contributed by atoms with E-state index in [1.165, 1.54) is 0 Å². The first-order valence-corrected chi connectivity index (χ1v) is 7.04. The molecule has 0 aliphatic heterocycles. The minimum absolute atomic E-state index is 0.560. The van der Waals surface area contributed by atoms with E-state index in [9.17, 15) is 0 Å². The molecule has 1 heterocycles. The van der Waals surface area contributed by atoms with Gasteiger partial charge >= 0.3 is 0 Å². The molecule has 2 aromatic carbocycles. The summed E-state index contributed by atoms with van der Waals surface area (Å²) in [5.74, 6) is 1.43. The van der Waals surface area contributed by atoms with Crippen LogP contribution in [-0.4, -0.2) is 12.1 Å². The number of rotatable bonds is 5. The normalized spacial score (nSPS) is 10.2. The predicted octanol–water partition coefficient (Wildman–Crippen LogP) is 4.14. The monoisotopic (exact) mass is 290 g/mol. The zero-order chi connectivity index (χ0) is 15.2. The molecule has 0 atom stereocenters. The van der Waals surface area contributed by atoms with E-state index in [1.54, 1.807) is 13.3 Å². The third-order valence-electron chi connectivity index (χ3n) is 3.32. The summed E-state index contributed by atoms with van der Waals surface area (Å²) in [6, 6.07) is 22.8. The second kappa shape index (κ2) is 6.76. The lowest BCUT2D eigenvalue weighted by Gasteiger charge is -2.09. The van der Waals surface area contributed by atoms with Gasteiger partial charge in [-0.25, -0.2) is 4.98 Å². The molecule has 0 spiro atoms. The standard InChI is InChI=1S/C19H16NO2/c1-21-19-18(8-5-13-20-19)16-9-11-17(12-10-16)22-14-15-6-3-2-4-7-15/h2-4,6-13H,14H2,1H3. The third kappa shape index (κ3) is 3.26. The van der Waals surface area contributed by atoms with E-state index < -0.39 is 0 Å². The Kier molecular flexibility index (Phi) is 4.35. The maximum Gasteiger partial charge on any atom is 0.221 e. The average Bonchev–Trinajstić information content (AvgIpc) is 2.61. The summed E-state index contributed by atoms with van der Waals surface area (Å²) in [6.07, 6.45) is 1.60. The van der Waals surface area contributed by atoms with E-state index in [2.05, 4.69) is 11.1 Å². The Bertz CT molecular complexity index is 724. The quantitative estimate of drug-likeness (QED) is 0.708. The van der Waals surface area contributed by atoms with Crippen LogP contribution in [0.3, 0.4) is 0 Å². The molecule has 0 saturated carbocycles. The van der Waals surface area contributed by atoms with Crippen LogP contribution in [0.4, 0.5) is 0 Å². The molecule has 1 aromatic heterocycles. The van der Waals surface area contributed by atoms with Crippen LogP contribution in [0, 0.1) is 6.07 Å². The van der Waals surface area contributed by atoms with Gasteiger partial charge < -0.3 is 9.47 Å². The minimum Gasteiger partial charge on any atom is -0.489 e. The Morgan fingerprint density at radius 3 is 2.50 bits per heavy atom. The topological polar surface area (TPSA) is 31.4 Å². The fourth-order valence-corrected chi connectivity index (χ4v) is 2.19. The molecule has 109 valence electrons. The number of pyridine rings is 1. The van der Waals surface area contributed by atoms with Gasteiger partial charge in [0.2, 0.25) is 5.88 Å². The van der Waals surface area contributed by atoms with Crippen LogP contribution in [-0.2, 0) is 6.61 Å². The van der Waals surface area contributed by atoms with Crippen molar-refractivity contribution in [1.82, 2.24) is 4.98 Å². The van der Waals surface area contributed by atoms with E-state index in [0.29, 0.717) is 12.5 Å². The molecular formula is C19H16NO2. The van der Waals surface area contributed by atoms with Crippen LogP contribution in [0.5, 0.6) is 11.6 Å². The van der Waals surface area contributed by atoms with Crippen molar-refractivity contribution < 1.29 is 9.47 Å². The van der Waals surface area contributed by atoms with Crippen molar-refractivity contribution in [2.45, 2.75) is 6.61 Å². The van der Waals surface area contributed by atoms with Crippen LogP contribution in [0.25, 0.3) is 11.1 Å². The number of benzene rings is 2. The highest BCUT2D eigenvalue weighted by Gasteiger charge is 2.06. The summed E-state index contributed by atoms with van der Waals surface area (Å²) in [4.78, 5) is 4.16. The first-order chi connectivity index (χ1) is 10.9. The Morgan fingerprint density at radius 2 is 1.77 bits per heavy atom. The molecule has 3 nitrogen and oxygen atoms in total. The van der Waals surface area contributed by atoms with Crippen molar-refractivity contribution in [2.24, 2.45) is 0 Å². The van der Waals surface area contributed by atoms with E-state index in [-0.39, 0.29) is 0 Å². The molecular weight excluding hydrogens is 274 g/mol. The van der Waals surface area contributed by atoms with Crippen molar-refractivity contribution in [3.63, 3.8) is 0 Å². The fourth-order valence-electron chi connectivity index (χ4n) is 2.19. The van der Waals surface area contributed by atoms with Crippen molar-refractivity contribution in [1.29, 1.82) is 0 Å². The summed E-state index contributed by atoms with van der Waals surface area (Å²) >= 11 is 0. The molecule has 0 bridgehead atoms. The number of methoxy groups -OCH3 is 1. The molecule has 0 saturated heterocycles. The second-order valence-corrected chi connectivity index (χ2v) is 4.79. The van der Waals surface area contributed by atoms with Gasteiger partial charge in [0.1, 0.15) is 12.4 Å². The van der Waals surface area contributed by atoms with E-state index >= 15 is 0 Å². The molecule has 0 aliphatic rings. The Balaban J connectivity index is 1.73. The predicted molar refractivity (Wildman–Crippen MR) is 85.8 cm³/mol. The lowest BCUT2D eigenvalue weighted by molar-refractivity contribution is 0.306. The molecule has 3 rings (SSSR count). The van der Waals surface area contributed by atoms with Gasteiger partial charge in [-0.05, 0) is 29.3 Å². The number of aromatic nitrogens is 1. The molecule has 0 N–H and O–H groups in total. The van der Waals surface area contributed by atoms with Crippen molar-refractivity contribution in [3.8, 4) is 22.8 Å². The SMILES string of the molecule is COc1nc[c]cc1-c1ccc(OCc2ccccc2)cc1. The van der Waals surface area contributed by atoms with Crippen LogP contribution in [0.15, 0.2) is 66.9 Å². The van der Waals surface area contributed by atoms with Crippen molar-refractivity contribution in [2.75, 3.05) is 7.11 Å². The van der Waals surface area contributed by atoms with Gasteiger partial charge in [0, 0.05) is 17.8 Å². The molecule has 1 radical (unpaired) electrons. The molecule has 3 aromatic rings. The maximum absolute atomic E-state index is 5.78. The zero-order valence-corrected chi connectivity index (χ0v) is 12.3. The van der Waals surface area contributed by atoms with Gasteiger partial charge in [0.15, 0.2) is 0 Å². The summed E-state index contributed by atoms with van der Waals surface area (Å²) in [6.45, 7) is 0.560. The first kappa shape index (κ1) is 14.1. The Hall–Kier alpha value is -2.81. The summed E-state index contributed by atoms with van der Waals surface area (Å²) < 4.78 is 11.1. The second-order valence-electron chi connectivity index (χ2n) is 4.79. The zero-order valence-electron chi connectivity index (χ0n) is 12.3. The number of hydrogen-bond acceptors (Lipinski definition) is 3. The fraction of sp³-hybridized carbons (Fsp3) is 0.105. The van der Waals surface area contributed by atoms with Crippen LogP contribution in [0.1, 0.15) is 5.56 Å². The van der Waals surface area contributed by atoms with Crippen LogP contribution >= 0.6 is 0 Å². The Labute approximate surface area is 130 Å². The average molecular weight is 290 g/mol. The summed E-state index contributed by atoms with van der Waals surface area (Å²) in [7, 11) is 1.61. The molecule has 22 heavy (non-hydrogen) atoms. The molecule has 0 amide bonds. The highest BCUT2D eigenvalue weighted by molar-refractivity contribution is 5.68. The van der Waals surface area contributed by atoms with Gasteiger partial charge in [0.25, 0.3) is 0 Å². The lowest BCUT2D eigenvalue weighted by atomic mass is 10.1. The summed E-state index contributed by atoms with van der Waals surface area (Å²) in [5, 5.41) is 0. The molecule has 0 fully saturated rings. The highest BCUT2D eigenvalue weighted by Crippen LogP contribution is 2.28. The van der Waals surface area contributed by atoms with Gasteiger partial charge in [0.05, 0.1) is 7.11 Å². The highest BCUT2D eigenvalue weighted by atomic mass is 16.5. The third-order valence-corrected chi connectivity index (χ3v) is 3.32. The number of ether oxygens (including phenoxy) is 2. The van der Waals surface area contributed by atoms with Gasteiger partial charge in [-0.1, -0.05) is 42.5 Å². The molecule has 0 aliphatic carbocycles. The van der Waals surface area contributed by atoms with E-state index in [4.69, 9.17) is 9.47 Å². The Morgan fingerprint density at radius 1 is 1.00 bits per heavy atom.